The molecule has 0 saturated carbocycles. The Hall–Kier alpha value is -0.320. The molecule has 0 aromatic heterocycles. The van der Waals surface area contributed by atoms with Crippen LogP contribution >= 0.6 is 12.4 Å². The SMILES string of the molecule is CC(C)N(CCNC(=O)[C@@H]1CNC[C@H]1C)C(C)C.Cl. The molecule has 114 valence electrons. The number of halogens is 1. The van der Waals surface area contributed by atoms with E-state index in [0.29, 0.717) is 18.0 Å². The van der Waals surface area contributed by atoms with Crippen molar-refractivity contribution < 1.29 is 4.79 Å². The van der Waals surface area contributed by atoms with Crippen molar-refractivity contribution in [1.82, 2.24) is 15.5 Å². The van der Waals surface area contributed by atoms with E-state index >= 15 is 0 Å². The highest BCUT2D eigenvalue weighted by Crippen LogP contribution is 2.15. The molecule has 0 spiro atoms. The zero-order valence-electron chi connectivity index (χ0n) is 12.9. The van der Waals surface area contributed by atoms with Gasteiger partial charge < -0.3 is 10.6 Å². The normalized spacial score (nSPS) is 22.9. The molecule has 0 bridgehead atoms. The van der Waals surface area contributed by atoms with Gasteiger partial charge in [-0.15, -0.1) is 12.4 Å². The van der Waals surface area contributed by atoms with Gasteiger partial charge >= 0.3 is 0 Å². The maximum Gasteiger partial charge on any atom is 0.224 e. The van der Waals surface area contributed by atoms with Crippen LogP contribution < -0.4 is 10.6 Å². The molecule has 4 nitrogen and oxygen atoms in total. The lowest BCUT2D eigenvalue weighted by atomic mass is 9.97. The van der Waals surface area contributed by atoms with Gasteiger partial charge in [0.1, 0.15) is 0 Å². The molecule has 1 aliphatic rings. The standard InChI is InChI=1S/C14H29N3O.ClH/c1-10(2)17(11(3)4)7-6-16-14(18)13-9-15-8-12(13)5;/h10-13,15H,6-9H2,1-5H3,(H,16,18);1H/t12-,13-;/m1./s1. The average molecular weight is 292 g/mol. The molecule has 0 radical (unpaired) electrons. The Balaban J connectivity index is 0.00000324. The molecule has 1 rings (SSSR count). The van der Waals surface area contributed by atoms with E-state index in [1.165, 1.54) is 0 Å². The van der Waals surface area contributed by atoms with E-state index in [1.54, 1.807) is 0 Å². The van der Waals surface area contributed by atoms with Crippen molar-refractivity contribution in [1.29, 1.82) is 0 Å². The van der Waals surface area contributed by atoms with E-state index in [4.69, 9.17) is 0 Å². The summed E-state index contributed by atoms with van der Waals surface area (Å²) in [6.07, 6.45) is 0. The highest BCUT2D eigenvalue weighted by molar-refractivity contribution is 5.85. The van der Waals surface area contributed by atoms with Gasteiger partial charge in [-0.1, -0.05) is 6.92 Å². The summed E-state index contributed by atoms with van der Waals surface area (Å²) in [5.74, 6) is 0.813. The van der Waals surface area contributed by atoms with Gasteiger partial charge in [0.25, 0.3) is 0 Å². The summed E-state index contributed by atoms with van der Waals surface area (Å²) >= 11 is 0. The number of carbonyl (C=O) groups is 1. The first-order valence-electron chi connectivity index (χ1n) is 7.17. The largest absolute Gasteiger partial charge is 0.355 e. The lowest BCUT2D eigenvalue weighted by Gasteiger charge is -2.30. The number of amides is 1. The summed E-state index contributed by atoms with van der Waals surface area (Å²) in [7, 11) is 0. The van der Waals surface area contributed by atoms with Crippen LogP contribution in [0.25, 0.3) is 0 Å². The van der Waals surface area contributed by atoms with Crippen LogP contribution in [-0.2, 0) is 4.79 Å². The molecule has 2 atom stereocenters. The molecule has 0 unspecified atom stereocenters. The number of nitrogens with zero attached hydrogens (tertiary/aromatic N) is 1. The van der Waals surface area contributed by atoms with Gasteiger partial charge in [-0.2, -0.15) is 0 Å². The fraction of sp³-hybridized carbons (Fsp3) is 0.929. The first-order valence-corrected chi connectivity index (χ1v) is 7.17. The van der Waals surface area contributed by atoms with E-state index in [-0.39, 0.29) is 24.2 Å². The molecular weight excluding hydrogens is 262 g/mol. The summed E-state index contributed by atoms with van der Waals surface area (Å²) in [6.45, 7) is 14.4. The van der Waals surface area contributed by atoms with Crippen molar-refractivity contribution in [2.75, 3.05) is 26.2 Å². The van der Waals surface area contributed by atoms with Crippen molar-refractivity contribution in [2.24, 2.45) is 11.8 Å². The van der Waals surface area contributed by atoms with Gasteiger partial charge in [-0.05, 0) is 40.2 Å². The number of hydrogen-bond acceptors (Lipinski definition) is 3. The lowest BCUT2D eigenvalue weighted by molar-refractivity contribution is -0.125. The monoisotopic (exact) mass is 291 g/mol. The molecule has 5 heteroatoms. The maximum absolute atomic E-state index is 12.0. The Morgan fingerprint density at radius 3 is 2.26 bits per heavy atom. The van der Waals surface area contributed by atoms with Crippen LogP contribution in [-0.4, -0.2) is 49.1 Å². The zero-order chi connectivity index (χ0) is 13.7. The van der Waals surface area contributed by atoms with E-state index in [9.17, 15) is 4.79 Å². The quantitative estimate of drug-likeness (QED) is 0.779. The number of nitrogens with one attached hydrogen (secondary N) is 2. The average Bonchev–Trinajstić information content (AvgIpc) is 2.69. The van der Waals surface area contributed by atoms with Crippen molar-refractivity contribution in [3.05, 3.63) is 0 Å². The molecule has 1 amide bonds. The van der Waals surface area contributed by atoms with Crippen LogP contribution in [0.1, 0.15) is 34.6 Å². The topological polar surface area (TPSA) is 44.4 Å². The molecule has 0 aliphatic carbocycles. The summed E-state index contributed by atoms with van der Waals surface area (Å²) in [5, 5.41) is 6.34. The van der Waals surface area contributed by atoms with E-state index in [1.807, 2.05) is 0 Å². The van der Waals surface area contributed by atoms with Crippen molar-refractivity contribution in [3.63, 3.8) is 0 Å². The fourth-order valence-corrected chi connectivity index (χ4v) is 2.71. The minimum absolute atomic E-state index is 0. The number of hydrogen-bond donors (Lipinski definition) is 2. The molecule has 2 N–H and O–H groups in total. The molecule has 1 fully saturated rings. The Labute approximate surface area is 124 Å². The van der Waals surface area contributed by atoms with Crippen LogP contribution in [0.2, 0.25) is 0 Å². The van der Waals surface area contributed by atoms with Crippen LogP contribution in [0.15, 0.2) is 0 Å². The predicted molar refractivity (Wildman–Crippen MR) is 82.8 cm³/mol. The molecule has 1 saturated heterocycles. The predicted octanol–water partition coefficient (Wildman–Crippen LogP) is 1.50. The third-order valence-corrected chi connectivity index (χ3v) is 3.85. The molecular formula is C14H30ClN3O. The van der Waals surface area contributed by atoms with E-state index in [0.717, 1.165) is 26.2 Å². The summed E-state index contributed by atoms with van der Waals surface area (Å²) < 4.78 is 0. The number of rotatable bonds is 6. The Morgan fingerprint density at radius 1 is 1.26 bits per heavy atom. The van der Waals surface area contributed by atoms with Crippen LogP contribution in [0, 0.1) is 11.8 Å². The maximum atomic E-state index is 12.0. The van der Waals surface area contributed by atoms with Crippen LogP contribution in [0.3, 0.4) is 0 Å². The summed E-state index contributed by atoms with van der Waals surface area (Å²) in [4.78, 5) is 14.4. The first-order chi connectivity index (χ1) is 8.43. The first kappa shape index (κ1) is 18.7. The van der Waals surface area contributed by atoms with Gasteiger partial charge in [0.05, 0.1) is 5.92 Å². The highest BCUT2D eigenvalue weighted by atomic mass is 35.5. The van der Waals surface area contributed by atoms with Crippen molar-refractivity contribution in [3.8, 4) is 0 Å². The smallest absolute Gasteiger partial charge is 0.224 e. The second-order valence-corrected chi connectivity index (χ2v) is 5.96. The summed E-state index contributed by atoms with van der Waals surface area (Å²) in [5.41, 5.74) is 0. The Kier molecular flexibility index (Phi) is 8.62. The van der Waals surface area contributed by atoms with Gasteiger partial charge in [0.15, 0.2) is 0 Å². The van der Waals surface area contributed by atoms with E-state index in [2.05, 4.69) is 50.2 Å². The fourth-order valence-electron chi connectivity index (χ4n) is 2.71. The van der Waals surface area contributed by atoms with Crippen molar-refractivity contribution in [2.45, 2.75) is 46.7 Å². The van der Waals surface area contributed by atoms with Crippen LogP contribution in [0.4, 0.5) is 0 Å². The minimum atomic E-state index is 0. The van der Waals surface area contributed by atoms with Gasteiger partial charge in [0, 0.05) is 31.7 Å². The van der Waals surface area contributed by atoms with Gasteiger partial charge in [0.2, 0.25) is 5.91 Å². The summed E-state index contributed by atoms with van der Waals surface area (Å²) in [6, 6.07) is 1.04. The Morgan fingerprint density at radius 2 is 1.84 bits per heavy atom. The molecule has 0 aromatic carbocycles. The van der Waals surface area contributed by atoms with E-state index < -0.39 is 0 Å². The van der Waals surface area contributed by atoms with Crippen LogP contribution in [0.5, 0.6) is 0 Å². The third kappa shape index (κ3) is 5.67. The van der Waals surface area contributed by atoms with Gasteiger partial charge in [-0.3, -0.25) is 9.69 Å². The Bertz CT molecular complexity index is 263. The molecule has 0 aromatic rings. The second kappa shape index (κ2) is 8.77. The highest BCUT2D eigenvalue weighted by Gasteiger charge is 2.29. The molecule has 19 heavy (non-hydrogen) atoms. The zero-order valence-corrected chi connectivity index (χ0v) is 13.7. The second-order valence-electron chi connectivity index (χ2n) is 5.96. The number of carbonyl (C=O) groups excluding carboxylic acids is 1. The lowest BCUT2D eigenvalue weighted by Crippen LogP contribution is -2.44. The van der Waals surface area contributed by atoms with Crippen molar-refractivity contribution >= 4 is 18.3 Å². The van der Waals surface area contributed by atoms with Gasteiger partial charge in [-0.25, -0.2) is 0 Å². The minimum Gasteiger partial charge on any atom is -0.355 e. The third-order valence-electron chi connectivity index (χ3n) is 3.85. The molecule has 1 aliphatic heterocycles. The molecule has 1 heterocycles.